The number of hydrogen-bond acceptors (Lipinski definition) is 9. The lowest BCUT2D eigenvalue weighted by Gasteiger charge is -2.44. The number of primary amides is 1. The van der Waals surface area contributed by atoms with Gasteiger partial charge in [0, 0.05) is 66.9 Å². The molecule has 1 atom stereocenters. The zero-order valence-corrected chi connectivity index (χ0v) is 22.6. The van der Waals surface area contributed by atoms with E-state index in [2.05, 4.69) is 20.3 Å². The van der Waals surface area contributed by atoms with Gasteiger partial charge in [-0.25, -0.2) is 18.4 Å². The van der Waals surface area contributed by atoms with Crippen molar-refractivity contribution in [2.24, 2.45) is 5.73 Å². The van der Waals surface area contributed by atoms with Gasteiger partial charge in [-0.15, -0.1) is 0 Å². The van der Waals surface area contributed by atoms with E-state index < -0.39 is 20.5 Å². The first-order valence-electron chi connectivity index (χ1n) is 12.5. The quantitative estimate of drug-likeness (QED) is 0.458. The molecule has 3 aromatic rings. The van der Waals surface area contributed by atoms with E-state index in [-0.39, 0.29) is 12.0 Å². The molecular formula is C28H30N6O4S. The molecule has 0 saturated carbocycles. The lowest BCUT2D eigenvalue weighted by atomic mass is 9.82. The van der Waals surface area contributed by atoms with E-state index in [0.29, 0.717) is 54.9 Å². The Balaban J connectivity index is 1.60. The molecule has 1 aromatic carbocycles. The molecule has 0 radical (unpaired) electrons. The van der Waals surface area contributed by atoms with Crippen molar-refractivity contribution < 1.29 is 17.9 Å². The molecular weight excluding hydrogens is 516 g/mol. The van der Waals surface area contributed by atoms with Crippen LogP contribution in [0.1, 0.15) is 17.5 Å². The number of nitrogens with two attached hydrogens (primary N) is 1. The first-order chi connectivity index (χ1) is 18.7. The van der Waals surface area contributed by atoms with Crippen molar-refractivity contribution >= 4 is 27.4 Å². The van der Waals surface area contributed by atoms with Crippen LogP contribution in [0.2, 0.25) is 0 Å². The van der Waals surface area contributed by atoms with Gasteiger partial charge in [-0.3, -0.25) is 9.78 Å². The zero-order chi connectivity index (χ0) is 27.6. The SMILES string of the molecule is Cc1ccc(C2(S(C)(=O)=O)CC(C(N)=O)=CC=C2N2CCOCC2)cc1Nc1nccc(-c2cccnc2)n1. The number of allylic oxidation sites excluding steroid dienone is 2. The molecule has 1 unspecified atom stereocenters. The summed E-state index contributed by atoms with van der Waals surface area (Å²) in [6, 6.07) is 11.0. The topological polar surface area (TPSA) is 140 Å². The highest BCUT2D eigenvalue weighted by molar-refractivity contribution is 7.91. The number of aryl methyl sites for hydroxylation is 1. The third-order valence-corrected chi connectivity index (χ3v) is 9.02. The van der Waals surface area contributed by atoms with Crippen molar-refractivity contribution in [3.8, 4) is 11.3 Å². The second-order valence-electron chi connectivity index (χ2n) is 9.65. The summed E-state index contributed by atoms with van der Waals surface area (Å²) < 4.78 is 31.5. The lowest BCUT2D eigenvalue weighted by molar-refractivity contribution is -0.114. The average molecular weight is 547 g/mol. The van der Waals surface area contributed by atoms with Crippen LogP contribution < -0.4 is 11.1 Å². The number of nitrogens with zero attached hydrogens (tertiary/aromatic N) is 4. The monoisotopic (exact) mass is 546 g/mol. The van der Waals surface area contributed by atoms with E-state index in [0.717, 1.165) is 11.1 Å². The molecule has 3 heterocycles. The zero-order valence-electron chi connectivity index (χ0n) is 21.8. The predicted octanol–water partition coefficient (Wildman–Crippen LogP) is 2.86. The van der Waals surface area contributed by atoms with Crippen LogP contribution in [0.3, 0.4) is 0 Å². The summed E-state index contributed by atoms with van der Waals surface area (Å²) in [6.45, 7) is 3.95. The Hall–Kier alpha value is -4.09. The van der Waals surface area contributed by atoms with E-state index in [9.17, 15) is 13.2 Å². The third-order valence-electron chi connectivity index (χ3n) is 7.16. The van der Waals surface area contributed by atoms with Crippen LogP contribution in [-0.4, -0.2) is 66.7 Å². The van der Waals surface area contributed by atoms with Crippen molar-refractivity contribution in [2.75, 3.05) is 37.9 Å². The first-order valence-corrected chi connectivity index (χ1v) is 14.4. The van der Waals surface area contributed by atoms with Crippen LogP contribution in [0.15, 0.2) is 78.4 Å². The average Bonchev–Trinajstić information content (AvgIpc) is 2.94. The number of morpholine rings is 1. The van der Waals surface area contributed by atoms with E-state index in [1.807, 2.05) is 30.0 Å². The van der Waals surface area contributed by atoms with Gasteiger partial charge in [0.2, 0.25) is 11.9 Å². The normalized spacial score (nSPS) is 19.7. The molecule has 202 valence electrons. The van der Waals surface area contributed by atoms with Gasteiger partial charge in [0.05, 0.1) is 18.9 Å². The summed E-state index contributed by atoms with van der Waals surface area (Å²) >= 11 is 0. The molecule has 2 aliphatic rings. The van der Waals surface area contributed by atoms with Gasteiger partial charge in [0.15, 0.2) is 9.84 Å². The van der Waals surface area contributed by atoms with Gasteiger partial charge in [0.25, 0.3) is 0 Å². The van der Waals surface area contributed by atoms with Gasteiger partial charge in [-0.2, -0.15) is 0 Å². The highest BCUT2D eigenvalue weighted by atomic mass is 32.2. The number of nitrogens with one attached hydrogen (secondary N) is 1. The molecule has 1 aliphatic carbocycles. The minimum absolute atomic E-state index is 0.0696. The Bertz CT molecular complexity index is 1570. The lowest BCUT2D eigenvalue weighted by Crippen LogP contribution is -2.49. The summed E-state index contributed by atoms with van der Waals surface area (Å²) in [5.41, 5.74) is 10.1. The Morgan fingerprint density at radius 2 is 1.92 bits per heavy atom. The van der Waals surface area contributed by atoms with E-state index >= 15 is 0 Å². The smallest absolute Gasteiger partial charge is 0.244 e. The molecule has 39 heavy (non-hydrogen) atoms. The number of amides is 1. The highest BCUT2D eigenvalue weighted by Crippen LogP contribution is 2.47. The maximum Gasteiger partial charge on any atom is 0.244 e. The molecule has 1 aliphatic heterocycles. The Morgan fingerprint density at radius 1 is 1.13 bits per heavy atom. The van der Waals surface area contributed by atoms with Crippen LogP contribution >= 0.6 is 0 Å². The van der Waals surface area contributed by atoms with Crippen LogP contribution in [0.25, 0.3) is 11.3 Å². The fourth-order valence-corrected chi connectivity index (χ4v) is 6.62. The Kier molecular flexibility index (Phi) is 7.19. The maximum absolute atomic E-state index is 13.8. The number of pyridine rings is 1. The number of ether oxygens (including phenoxy) is 1. The van der Waals surface area contributed by atoms with Crippen molar-refractivity contribution in [2.45, 2.75) is 18.1 Å². The summed E-state index contributed by atoms with van der Waals surface area (Å²) in [6.07, 6.45) is 9.54. The highest BCUT2D eigenvalue weighted by Gasteiger charge is 2.50. The van der Waals surface area contributed by atoms with Crippen molar-refractivity contribution in [3.63, 3.8) is 0 Å². The molecule has 2 aromatic heterocycles. The number of rotatable bonds is 7. The fourth-order valence-electron chi connectivity index (χ4n) is 5.07. The number of anilines is 2. The Labute approximate surface area is 227 Å². The fraction of sp³-hybridized carbons (Fsp3) is 0.286. The minimum Gasteiger partial charge on any atom is -0.378 e. The summed E-state index contributed by atoms with van der Waals surface area (Å²) in [5.74, 6) is -0.290. The van der Waals surface area contributed by atoms with Crippen molar-refractivity contribution in [3.05, 3.63) is 89.5 Å². The van der Waals surface area contributed by atoms with Crippen molar-refractivity contribution in [1.29, 1.82) is 0 Å². The molecule has 0 spiro atoms. The number of benzene rings is 1. The number of aromatic nitrogens is 3. The van der Waals surface area contributed by atoms with Crippen LogP contribution in [0.4, 0.5) is 11.6 Å². The third kappa shape index (κ3) is 5.15. The van der Waals surface area contributed by atoms with Gasteiger partial charge in [0.1, 0.15) is 4.75 Å². The van der Waals surface area contributed by atoms with Crippen molar-refractivity contribution in [1.82, 2.24) is 19.9 Å². The van der Waals surface area contributed by atoms with Gasteiger partial charge in [-0.1, -0.05) is 18.2 Å². The summed E-state index contributed by atoms with van der Waals surface area (Å²) in [7, 11) is -3.82. The summed E-state index contributed by atoms with van der Waals surface area (Å²) in [5, 5.41) is 3.26. The van der Waals surface area contributed by atoms with E-state index in [1.54, 1.807) is 48.9 Å². The van der Waals surface area contributed by atoms with Crippen LogP contribution in [-0.2, 0) is 24.1 Å². The molecule has 1 saturated heterocycles. The largest absolute Gasteiger partial charge is 0.378 e. The van der Waals surface area contributed by atoms with Crippen LogP contribution in [0.5, 0.6) is 0 Å². The second kappa shape index (κ2) is 10.6. The number of carbonyl (C=O) groups excluding carboxylic acids is 1. The van der Waals surface area contributed by atoms with Gasteiger partial charge >= 0.3 is 0 Å². The predicted molar refractivity (Wildman–Crippen MR) is 149 cm³/mol. The molecule has 5 rings (SSSR count). The first kappa shape index (κ1) is 26.5. The second-order valence-corrected chi connectivity index (χ2v) is 11.9. The van der Waals surface area contributed by atoms with Gasteiger partial charge in [-0.05, 0) is 48.4 Å². The molecule has 0 bridgehead atoms. The Morgan fingerprint density at radius 3 is 2.62 bits per heavy atom. The maximum atomic E-state index is 13.8. The van der Waals surface area contributed by atoms with E-state index in [4.69, 9.17) is 10.5 Å². The minimum atomic E-state index is -3.82. The molecule has 10 nitrogen and oxygen atoms in total. The molecule has 1 fully saturated rings. The van der Waals surface area contributed by atoms with E-state index in [1.165, 1.54) is 6.26 Å². The molecule has 11 heteroatoms. The molecule has 1 amide bonds. The van der Waals surface area contributed by atoms with Gasteiger partial charge < -0.3 is 20.7 Å². The number of hydrogen-bond donors (Lipinski definition) is 2. The molecule has 3 N–H and O–H groups in total. The summed E-state index contributed by atoms with van der Waals surface area (Å²) in [4.78, 5) is 27.4. The number of sulfone groups is 1. The van der Waals surface area contributed by atoms with Crippen LogP contribution in [0, 0.1) is 6.92 Å². The standard InChI is InChI=1S/C28H30N6O4S/c1-19-5-7-22(16-24(19)33-27-31-11-9-23(32-27)21-4-3-10-30-18-21)28(39(2,36)37)17-20(26(29)35)6-8-25(28)34-12-14-38-15-13-34/h3-11,16,18H,12-15,17H2,1-2H3,(H2,29,35)(H,31,32,33). The number of carbonyl (C=O) groups is 1.